The third kappa shape index (κ3) is 3.58. The number of benzene rings is 2. The molecule has 0 atom stereocenters. The van der Waals surface area contributed by atoms with Crippen LogP contribution in [-0.4, -0.2) is 37.0 Å². The lowest BCUT2D eigenvalue weighted by atomic mass is 10.2. The maximum absolute atomic E-state index is 12.6. The summed E-state index contributed by atoms with van der Waals surface area (Å²) in [6, 6.07) is 9.69. The second kappa shape index (κ2) is 7.22. The topological polar surface area (TPSA) is 107 Å². The van der Waals surface area contributed by atoms with Crippen LogP contribution in [0.3, 0.4) is 0 Å². The molecular formula is C17H16N2O6S. The fourth-order valence-corrected chi connectivity index (χ4v) is 4.28. The highest BCUT2D eigenvalue weighted by Gasteiger charge is 2.30. The second-order valence-electron chi connectivity index (χ2n) is 5.79. The summed E-state index contributed by atoms with van der Waals surface area (Å²) in [4.78, 5) is 21.4. The highest BCUT2D eigenvalue weighted by Crippen LogP contribution is 2.34. The van der Waals surface area contributed by atoms with Gasteiger partial charge in [0.05, 0.1) is 9.82 Å². The first-order chi connectivity index (χ1) is 12.4. The Morgan fingerprint density at radius 1 is 1.12 bits per heavy atom. The minimum Gasteiger partial charge on any atom is -0.450 e. The minimum absolute atomic E-state index is 0.0987. The van der Waals surface area contributed by atoms with Gasteiger partial charge in [-0.1, -0.05) is 12.1 Å². The van der Waals surface area contributed by atoms with E-state index < -0.39 is 20.6 Å². The summed E-state index contributed by atoms with van der Waals surface area (Å²) in [6.45, 7) is 0.819. The Morgan fingerprint density at radius 2 is 1.85 bits per heavy atom. The zero-order valence-electron chi connectivity index (χ0n) is 13.7. The fraction of sp³-hybridized carbons (Fsp3) is 0.235. The molecule has 26 heavy (non-hydrogen) atoms. The van der Waals surface area contributed by atoms with Gasteiger partial charge < -0.3 is 4.74 Å². The molecule has 0 N–H and O–H groups in total. The molecule has 1 saturated heterocycles. The van der Waals surface area contributed by atoms with Crippen LogP contribution in [0.25, 0.3) is 0 Å². The Hall–Kier alpha value is -2.78. The molecule has 9 heteroatoms. The van der Waals surface area contributed by atoms with Crippen LogP contribution in [0, 0.1) is 10.1 Å². The number of carbonyl (C=O) groups is 1. The lowest BCUT2D eigenvalue weighted by molar-refractivity contribution is -0.385. The van der Waals surface area contributed by atoms with Gasteiger partial charge >= 0.3 is 5.69 Å². The van der Waals surface area contributed by atoms with Crippen LogP contribution in [0.5, 0.6) is 11.5 Å². The summed E-state index contributed by atoms with van der Waals surface area (Å²) in [7, 11) is -3.77. The summed E-state index contributed by atoms with van der Waals surface area (Å²) in [5.41, 5.74) is -0.0971. The van der Waals surface area contributed by atoms with Gasteiger partial charge in [0.15, 0.2) is 0 Å². The highest BCUT2D eigenvalue weighted by molar-refractivity contribution is 7.89. The molecular weight excluding hydrogens is 360 g/mol. The van der Waals surface area contributed by atoms with Crippen LogP contribution in [0.4, 0.5) is 5.69 Å². The maximum Gasteiger partial charge on any atom is 0.312 e. The molecule has 0 saturated carbocycles. The molecule has 0 aliphatic carbocycles. The van der Waals surface area contributed by atoms with E-state index in [9.17, 15) is 23.3 Å². The number of nitro benzene ring substituents is 1. The van der Waals surface area contributed by atoms with Crippen molar-refractivity contribution < 1.29 is 22.9 Å². The monoisotopic (exact) mass is 376 g/mol. The van der Waals surface area contributed by atoms with Gasteiger partial charge in [0.25, 0.3) is 0 Å². The van der Waals surface area contributed by atoms with E-state index in [0.29, 0.717) is 24.9 Å². The van der Waals surface area contributed by atoms with E-state index >= 15 is 0 Å². The number of rotatable bonds is 6. The van der Waals surface area contributed by atoms with Crippen molar-refractivity contribution in [3.8, 4) is 11.5 Å². The zero-order valence-corrected chi connectivity index (χ0v) is 14.5. The summed E-state index contributed by atoms with van der Waals surface area (Å²) in [6.07, 6.45) is 2.18. The third-order valence-corrected chi connectivity index (χ3v) is 5.95. The minimum atomic E-state index is -3.77. The maximum atomic E-state index is 12.6. The molecule has 136 valence electrons. The molecule has 0 radical (unpaired) electrons. The van der Waals surface area contributed by atoms with Gasteiger partial charge in [0.2, 0.25) is 15.8 Å². The van der Waals surface area contributed by atoms with E-state index in [1.54, 1.807) is 18.2 Å². The lowest BCUT2D eigenvalue weighted by Crippen LogP contribution is -2.27. The van der Waals surface area contributed by atoms with E-state index in [4.69, 9.17) is 4.74 Å². The van der Waals surface area contributed by atoms with Gasteiger partial charge in [-0.05, 0) is 37.1 Å². The molecule has 1 aliphatic rings. The van der Waals surface area contributed by atoms with Crippen LogP contribution in [0.15, 0.2) is 47.4 Å². The molecule has 0 aromatic heterocycles. The summed E-state index contributed by atoms with van der Waals surface area (Å²) in [5, 5.41) is 11.4. The third-order valence-electron chi connectivity index (χ3n) is 4.05. The number of nitro groups is 1. The average Bonchev–Trinajstić information content (AvgIpc) is 3.17. The Bertz CT molecular complexity index is 951. The summed E-state index contributed by atoms with van der Waals surface area (Å²) < 4.78 is 32.0. The van der Waals surface area contributed by atoms with E-state index in [2.05, 4.69) is 0 Å². The van der Waals surface area contributed by atoms with Crippen LogP contribution in [0.2, 0.25) is 0 Å². The molecule has 1 heterocycles. The number of aldehydes is 1. The number of sulfonamides is 1. The van der Waals surface area contributed by atoms with Gasteiger partial charge in [-0.2, -0.15) is 4.31 Å². The molecule has 0 spiro atoms. The van der Waals surface area contributed by atoms with Gasteiger partial charge in [0.1, 0.15) is 12.0 Å². The van der Waals surface area contributed by atoms with Crippen LogP contribution in [0.1, 0.15) is 23.2 Å². The Morgan fingerprint density at radius 3 is 2.50 bits per heavy atom. The predicted molar refractivity (Wildman–Crippen MR) is 93.0 cm³/mol. The molecule has 0 unspecified atom stereocenters. The van der Waals surface area contributed by atoms with E-state index in [1.807, 2.05) is 0 Å². The highest BCUT2D eigenvalue weighted by atomic mass is 32.2. The van der Waals surface area contributed by atoms with Crippen molar-refractivity contribution in [2.45, 2.75) is 17.7 Å². The van der Waals surface area contributed by atoms with E-state index in [-0.39, 0.29) is 16.4 Å². The molecule has 1 aliphatic heterocycles. The first-order valence-corrected chi connectivity index (χ1v) is 9.37. The van der Waals surface area contributed by atoms with Crippen molar-refractivity contribution in [3.63, 3.8) is 0 Å². The van der Waals surface area contributed by atoms with Crippen molar-refractivity contribution in [2.24, 2.45) is 0 Å². The first-order valence-electron chi connectivity index (χ1n) is 7.93. The Balaban J connectivity index is 1.97. The smallest absolute Gasteiger partial charge is 0.312 e. The summed E-state index contributed by atoms with van der Waals surface area (Å²) in [5.74, 6) is 0.145. The van der Waals surface area contributed by atoms with Gasteiger partial charge in [-0.3, -0.25) is 14.9 Å². The number of nitrogens with zero attached hydrogens (tertiary/aromatic N) is 2. The molecule has 0 bridgehead atoms. The van der Waals surface area contributed by atoms with Gasteiger partial charge in [-0.25, -0.2) is 8.42 Å². The lowest BCUT2D eigenvalue weighted by Gasteiger charge is -2.16. The van der Waals surface area contributed by atoms with Crippen molar-refractivity contribution in [1.29, 1.82) is 0 Å². The molecule has 2 aromatic carbocycles. The normalized spacial score (nSPS) is 14.9. The summed E-state index contributed by atoms with van der Waals surface area (Å²) >= 11 is 0. The van der Waals surface area contributed by atoms with Crippen molar-refractivity contribution in [1.82, 2.24) is 4.31 Å². The van der Waals surface area contributed by atoms with Gasteiger partial charge in [-0.15, -0.1) is 0 Å². The fourth-order valence-electron chi connectivity index (χ4n) is 2.74. The molecule has 0 amide bonds. The predicted octanol–water partition coefficient (Wildman–Crippen LogP) is 2.98. The van der Waals surface area contributed by atoms with Crippen molar-refractivity contribution >= 4 is 22.0 Å². The molecule has 3 rings (SSSR count). The SMILES string of the molecule is O=Cc1cccc(Oc2ccc(S(=O)(=O)N3CCCC3)cc2[N+](=O)[O-])c1. The van der Waals surface area contributed by atoms with Crippen LogP contribution in [-0.2, 0) is 10.0 Å². The Kier molecular flexibility index (Phi) is 5.01. The molecule has 8 nitrogen and oxygen atoms in total. The van der Waals surface area contributed by atoms with Crippen LogP contribution < -0.4 is 4.74 Å². The molecule has 2 aromatic rings. The van der Waals surface area contributed by atoms with Crippen molar-refractivity contribution in [3.05, 3.63) is 58.1 Å². The zero-order chi connectivity index (χ0) is 18.7. The number of ether oxygens (including phenoxy) is 1. The molecule has 1 fully saturated rings. The van der Waals surface area contributed by atoms with E-state index in [1.165, 1.54) is 22.5 Å². The Labute approximate surface area is 150 Å². The number of hydrogen-bond donors (Lipinski definition) is 0. The number of carbonyl (C=O) groups excluding carboxylic acids is 1. The quantitative estimate of drug-likeness (QED) is 0.436. The first kappa shape index (κ1) is 18.0. The average molecular weight is 376 g/mol. The van der Waals surface area contributed by atoms with Crippen LogP contribution >= 0.6 is 0 Å². The second-order valence-corrected chi connectivity index (χ2v) is 7.73. The van der Waals surface area contributed by atoms with E-state index in [0.717, 1.165) is 18.9 Å². The standard InChI is InChI=1S/C17H16N2O6S/c20-12-13-4-3-5-14(10-13)25-17-7-6-15(11-16(17)19(21)22)26(23,24)18-8-1-2-9-18/h3-7,10-12H,1-2,8-9H2. The number of hydrogen-bond acceptors (Lipinski definition) is 6. The largest absolute Gasteiger partial charge is 0.450 e. The van der Waals surface area contributed by atoms with Crippen molar-refractivity contribution in [2.75, 3.05) is 13.1 Å². The van der Waals surface area contributed by atoms with Gasteiger partial charge in [0, 0.05) is 24.7 Å².